The predicted octanol–water partition coefficient (Wildman–Crippen LogP) is 4.80. The number of aromatic nitrogens is 2. The molecule has 3 rings (SSSR count). The first-order valence-electron chi connectivity index (χ1n) is 6.75. The Bertz CT molecular complexity index is 625. The van der Waals surface area contributed by atoms with E-state index in [1.807, 2.05) is 6.07 Å². The third kappa shape index (κ3) is 2.86. The summed E-state index contributed by atoms with van der Waals surface area (Å²) in [4.78, 5) is 9.35. The van der Waals surface area contributed by atoms with Crippen LogP contribution >= 0.6 is 38.5 Å². The van der Waals surface area contributed by atoms with Gasteiger partial charge in [-0.25, -0.2) is 9.97 Å². The van der Waals surface area contributed by atoms with Crippen molar-refractivity contribution in [3.05, 3.63) is 26.1 Å². The Balaban J connectivity index is 2.06. The largest absolute Gasteiger partial charge is 0.460 e. The van der Waals surface area contributed by atoms with Gasteiger partial charge in [-0.3, -0.25) is 0 Å². The van der Waals surface area contributed by atoms with Crippen LogP contribution in [0.2, 0.25) is 0 Å². The normalized spacial score (nSPS) is 14.6. The first kappa shape index (κ1) is 14.3. The Labute approximate surface area is 140 Å². The Kier molecular flexibility index (Phi) is 4.30. The van der Waals surface area contributed by atoms with Crippen LogP contribution in [0.15, 0.2) is 21.2 Å². The zero-order valence-electron chi connectivity index (χ0n) is 11.1. The van der Waals surface area contributed by atoms with Gasteiger partial charge in [-0.05, 0) is 63.8 Å². The van der Waals surface area contributed by atoms with Gasteiger partial charge in [0.25, 0.3) is 0 Å². The van der Waals surface area contributed by atoms with E-state index in [1.54, 1.807) is 6.26 Å². The van der Waals surface area contributed by atoms with E-state index in [4.69, 9.17) is 9.40 Å². The topological polar surface area (TPSA) is 51.0 Å². The molecule has 106 valence electrons. The van der Waals surface area contributed by atoms with Gasteiger partial charge in [0.15, 0.2) is 11.6 Å². The van der Waals surface area contributed by atoms with Crippen LogP contribution in [0, 0.1) is 3.57 Å². The van der Waals surface area contributed by atoms with Crippen molar-refractivity contribution in [2.75, 3.05) is 11.9 Å². The van der Waals surface area contributed by atoms with E-state index >= 15 is 0 Å². The zero-order valence-corrected chi connectivity index (χ0v) is 14.9. The van der Waals surface area contributed by atoms with E-state index in [0.29, 0.717) is 17.5 Å². The van der Waals surface area contributed by atoms with Crippen molar-refractivity contribution >= 4 is 44.3 Å². The molecule has 4 nitrogen and oxygen atoms in total. The molecule has 20 heavy (non-hydrogen) atoms. The molecule has 1 aliphatic rings. The van der Waals surface area contributed by atoms with Gasteiger partial charge in [0, 0.05) is 12.5 Å². The fourth-order valence-corrected chi connectivity index (χ4v) is 3.26. The number of rotatable bonds is 5. The second-order valence-electron chi connectivity index (χ2n) is 4.89. The highest BCUT2D eigenvalue weighted by Gasteiger charge is 2.30. The summed E-state index contributed by atoms with van der Waals surface area (Å²) in [7, 11) is 0. The molecule has 2 aromatic rings. The van der Waals surface area contributed by atoms with E-state index in [2.05, 4.69) is 55.7 Å². The highest BCUT2D eigenvalue weighted by atomic mass is 127. The lowest BCUT2D eigenvalue weighted by molar-refractivity contribution is 0.575. The van der Waals surface area contributed by atoms with Crippen LogP contribution in [-0.4, -0.2) is 16.5 Å². The molecule has 6 heteroatoms. The van der Waals surface area contributed by atoms with Crippen LogP contribution in [0.25, 0.3) is 11.6 Å². The molecule has 0 amide bonds. The maximum absolute atomic E-state index is 5.50. The predicted molar refractivity (Wildman–Crippen MR) is 90.9 cm³/mol. The summed E-state index contributed by atoms with van der Waals surface area (Å²) in [5.74, 6) is 2.85. The maximum atomic E-state index is 5.50. The van der Waals surface area contributed by atoms with Crippen molar-refractivity contribution in [3.8, 4) is 11.6 Å². The Morgan fingerprint density at radius 2 is 2.25 bits per heavy atom. The number of furan rings is 1. The fourth-order valence-electron chi connectivity index (χ4n) is 2.01. The summed E-state index contributed by atoms with van der Waals surface area (Å²) in [5.41, 5.74) is 1.15. The quantitative estimate of drug-likeness (QED) is 0.668. The smallest absolute Gasteiger partial charge is 0.199 e. The van der Waals surface area contributed by atoms with Gasteiger partial charge in [-0.2, -0.15) is 0 Å². The Hall–Kier alpha value is -0.630. The van der Waals surface area contributed by atoms with Gasteiger partial charge in [-0.1, -0.05) is 6.92 Å². The lowest BCUT2D eigenvalue weighted by atomic mass is 10.2. The summed E-state index contributed by atoms with van der Waals surface area (Å²) < 4.78 is 7.54. The van der Waals surface area contributed by atoms with Gasteiger partial charge in [0.2, 0.25) is 0 Å². The molecule has 0 aliphatic heterocycles. The lowest BCUT2D eigenvalue weighted by Gasteiger charge is -2.11. The van der Waals surface area contributed by atoms with Crippen LogP contribution in [0.3, 0.4) is 0 Å². The van der Waals surface area contributed by atoms with Crippen LogP contribution < -0.4 is 5.32 Å². The third-order valence-electron chi connectivity index (χ3n) is 3.20. The summed E-state index contributed by atoms with van der Waals surface area (Å²) >= 11 is 5.83. The van der Waals surface area contributed by atoms with Gasteiger partial charge in [0.05, 0.1) is 20.0 Å². The number of hydrogen-bond acceptors (Lipinski definition) is 4. The summed E-state index contributed by atoms with van der Waals surface area (Å²) in [5, 5.41) is 3.39. The Morgan fingerprint density at radius 1 is 1.45 bits per heavy atom. The van der Waals surface area contributed by atoms with Crippen LogP contribution in [0.5, 0.6) is 0 Å². The zero-order chi connectivity index (χ0) is 14.1. The number of anilines is 1. The minimum atomic E-state index is 0.583. The first-order chi connectivity index (χ1) is 9.70. The second-order valence-corrected chi connectivity index (χ2v) is 6.83. The summed E-state index contributed by atoms with van der Waals surface area (Å²) in [6.07, 6.45) is 5.16. The second kappa shape index (κ2) is 6.01. The lowest BCUT2D eigenvalue weighted by Crippen LogP contribution is -2.08. The standard InChI is InChI=1S/C14H15BrIN3O/c1-2-6-17-13-10(16)11(8-3-4-8)18-14(19-13)12-9(15)5-7-20-12/h5,7-8H,2-4,6H2,1H3,(H,17,18,19). The first-order valence-corrected chi connectivity index (χ1v) is 8.62. The summed E-state index contributed by atoms with van der Waals surface area (Å²) in [6.45, 7) is 3.06. The van der Waals surface area contributed by atoms with Crippen molar-refractivity contribution < 1.29 is 4.42 Å². The number of hydrogen-bond donors (Lipinski definition) is 1. The van der Waals surface area contributed by atoms with E-state index in [0.717, 1.165) is 32.5 Å². The van der Waals surface area contributed by atoms with Gasteiger partial charge in [0.1, 0.15) is 5.82 Å². The minimum Gasteiger partial charge on any atom is -0.460 e. The van der Waals surface area contributed by atoms with E-state index in [1.165, 1.54) is 12.8 Å². The summed E-state index contributed by atoms with van der Waals surface area (Å²) in [6, 6.07) is 1.87. The van der Waals surface area contributed by atoms with Crippen LogP contribution in [0.1, 0.15) is 37.8 Å². The van der Waals surface area contributed by atoms with Gasteiger partial charge in [-0.15, -0.1) is 0 Å². The molecule has 1 saturated carbocycles. The van der Waals surface area contributed by atoms with Crippen molar-refractivity contribution in [2.45, 2.75) is 32.1 Å². The monoisotopic (exact) mass is 447 g/mol. The molecule has 0 radical (unpaired) electrons. The van der Waals surface area contributed by atoms with Crippen molar-refractivity contribution in [1.82, 2.24) is 9.97 Å². The molecule has 2 heterocycles. The third-order valence-corrected chi connectivity index (χ3v) is 4.89. The molecule has 2 aromatic heterocycles. The highest BCUT2D eigenvalue weighted by molar-refractivity contribution is 14.1. The minimum absolute atomic E-state index is 0.583. The van der Waals surface area contributed by atoms with Crippen molar-refractivity contribution in [1.29, 1.82) is 0 Å². The van der Waals surface area contributed by atoms with Crippen LogP contribution in [-0.2, 0) is 0 Å². The van der Waals surface area contributed by atoms with E-state index in [9.17, 15) is 0 Å². The number of nitrogens with one attached hydrogen (secondary N) is 1. The average molecular weight is 448 g/mol. The molecule has 0 atom stereocenters. The van der Waals surface area contributed by atoms with E-state index < -0.39 is 0 Å². The van der Waals surface area contributed by atoms with Crippen LogP contribution in [0.4, 0.5) is 5.82 Å². The number of nitrogens with zero attached hydrogens (tertiary/aromatic N) is 2. The molecule has 0 spiro atoms. The Morgan fingerprint density at radius 3 is 2.85 bits per heavy atom. The molecular weight excluding hydrogens is 433 g/mol. The molecule has 1 aliphatic carbocycles. The fraction of sp³-hybridized carbons (Fsp3) is 0.429. The van der Waals surface area contributed by atoms with E-state index in [-0.39, 0.29) is 0 Å². The molecular formula is C14H15BrIN3O. The van der Waals surface area contributed by atoms with Gasteiger partial charge < -0.3 is 9.73 Å². The molecule has 0 saturated heterocycles. The molecule has 0 bridgehead atoms. The molecule has 0 aromatic carbocycles. The van der Waals surface area contributed by atoms with Crippen molar-refractivity contribution in [3.63, 3.8) is 0 Å². The highest BCUT2D eigenvalue weighted by Crippen LogP contribution is 2.43. The maximum Gasteiger partial charge on any atom is 0.199 e. The number of halogens is 2. The molecule has 1 fully saturated rings. The SMILES string of the molecule is CCCNc1nc(-c2occc2Br)nc(C2CC2)c1I. The molecule has 1 N–H and O–H groups in total. The van der Waals surface area contributed by atoms with Crippen molar-refractivity contribution in [2.24, 2.45) is 0 Å². The average Bonchev–Trinajstić information content (AvgIpc) is 3.20. The van der Waals surface area contributed by atoms with Gasteiger partial charge >= 0.3 is 0 Å². The molecule has 0 unspecified atom stereocenters.